The zero-order valence-corrected chi connectivity index (χ0v) is 15.6. The normalized spacial score (nSPS) is 11.6. The van der Waals surface area contributed by atoms with Crippen molar-refractivity contribution in [3.63, 3.8) is 0 Å². The number of nitrogens with one attached hydrogen (secondary N) is 2. The van der Waals surface area contributed by atoms with Gasteiger partial charge in [0.15, 0.2) is 5.96 Å². The van der Waals surface area contributed by atoms with E-state index in [1.807, 2.05) is 6.07 Å². The Labute approximate surface area is 152 Å². The first kappa shape index (κ1) is 19.0. The molecule has 0 radical (unpaired) electrons. The van der Waals surface area contributed by atoms with E-state index in [9.17, 15) is 0 Å². The number of nitrogens with zero attached hydrogens (tertiary/aromatic N) is 2. The van der Waals surface area contributed by atoms with Crippen LogP contribution in [0.3, 0.4) is 0 Å². The molecule has 4 nitrogen and oxygen atoms in total. The Kier molecular flexibility index (Phi) is 7.99. The lowest BCUT2D eigenvalue weighted by Crippen LogP contribution is -2.38. The monoisotopic (exact) mass is 338 g/mol. The molecule has 0 bridgehead atoms. The Bertz CT molecular complexity index is 650. The predicted molar refractivity (Wildman–Crippen MR) is 107 cm³/mol. The molecular formula is C21H30N4. The molecule has 0 heterocycles. The van der Waals surface area contributed by atoms with E-state index in [1.165, 1.54) is 16.7 Å². The van der Waals surface area contributed by atoms with E-state index in [4.69, 9.17) is 4.99 Å². The van der Waals surface area contributed by atoms with E-state index in [-0.39, 0.29) is 0 Å². The second-order valence-electron chi connectivity index (χ2n) is 6.42. The molecular weight excluding hydrogens is 308 g/mol. The summed E-state index contributed by atoms with van der Waals surface area (Å²) in [6.45, 7) is 5.45. The van der Waals surface area contributed by atoms with Crippen molar-refractivity contribution in [2.24, 2.45) is 4.99 Å². The van der Waals surface area contributed by atoms with Crippen LogP contribution in [0.5, 0.6) is 0 Å². The molecule has 0 aliphatic carbocycles. The quantitative estimate of drug-likeness (QED) is 0.574. The number of aliphatic imine (C=N–C) groups is 1. The minimum absolute atomic E-state index is 0.682. The summed E-state index contributed by atoms with van der Waals surface area (Å²) in [5.41, 5.74) is 3.89. The molecule has 0 atom stereocenters. The maximum atomic E-state index is 4.72. The van der Waals surface area contributed by atoms with Gasteiger partial charge in [0, 0.05) is 19.6 Å². The van der Waals surface area contributed by atoms with Crippen LogP contribution in [-0.4, -0.2) is 38.0 Å². The first-order valence-corrected chi connectivity index (χ1v) is 8.96. The second kappa shape index (κ2) is 10.5. The first-order chi connectivity index (χ1) is 12.2. The highest BCUT2D eigenvalue weighted by atomic mass is 15.2. The van der Waals surface area contributed by atoms with Gasteiger partial charge in [-0.2, -0.15) is 0 Å². The molecule has 0 unspecified atom stereocenters. The van der Waals surface area contributed by atoms with Crippen LogP contribution in [0.2, 0.25) is 0 Å². The Morgan fingerprint density at radius 2 is 1.64 bits per heavy atom. The van der Waals surface area contributed by atoms with Gasteiger partial charge in [-0.3, -0.25) is 0 Å². The van der Waals surface area contributed by atoms with E-state index >= 15 is 0 Å². The molecule has 0 spiro atoms. The summed E-state index contributed by atoms with van der Waals surface area (Å²) in [4.78, 5) is 6.89. The summed E-state index contributed by atoms with van der Waals surface area (Å²) >= 11 is 0. The summed E-state index contributed by atoms with van der Waals surface area (Å²) in [5, 5.41) is 6.73. The molecule has 25 heavy (non-hydrogen) atoms. The lowest BCUT2D eigenvalue weighted by molar-refractivity contribution is 0.402. The fourth-order valence-electron chi connectivity index (χ4n) is 2.67. The average molecular weight is 338 g/mol. The number of rotatable bonds is 8. The third kappa shape index (κ3) is 7.40. The zero-order valence-electron chi connectivity index (χ0n) is 15.6. The molecule has 2 aromatic carbocycles. The summed E-state index contributed by atoms with van der Waals surface area (Å²) in [6.07, 6.45) is 0.990. The average Bonchev–Trinajstić information content (AvgIpc) is 2.60. The third-order valence-electron chi connectivity index (χ3n) is 3.80. The molecule has 2 aromatic rings. The molecule has 0 saturated carbocycles. The number of guanidine groups is 1. The van der Waals surface area contributed by atoms with E-state index in [1.54, 1.807) is 0 Å². The Hall–Kier alpha value is -2.33. The van der Waals surface area contributed by atoms with Crippen LogP contribution in [0.1, 0.15) is 23.6 Å². The molecule has 0 aliphatic rings. The van der Waals surface area contributed by atoms with Gasteiger partial charge in [0.2, 0.25) is 0 Å². The minimum Gasteiger partial charge on any atom is -0.357 e. The molecule has 134 valence electrons. The third-order valence-corrected chi connectivity index (χ3v) is 3.80. The molecule has 2 rings (SSSR count). The maximum Gasteiger partial charge on any atom is 0.191 e. The first-order valence-electron chi connectivity index (χ1n) is 8.96. The summed E-state index contributed by atoms with van der Waals surface area (Å²) in [7, 11) is 4.18. The number of hydrogen-bond acceptors (Lipinski definition) is 2. The fraction of sp³-hybridized carbons (Fsp3) is 0.381. The molecule has 0 aliphatic heterocycles. The number of hydrogen-bond donors (Lipinski definition) is 2. The van der Waals surface area contributed by atoms with Gasteiger partial charge in [0.1, 0.15) is 0 Å². The van der Waals surface area contributed by atoms with Gasteiger partial charge in [0.05, 0.1) is 6.54 Å². The molecule has 0 aromatic heterocycles. The topological polar surface area (TPSA) is 39.7 Å². The molecule has 0 amide bonds. The molecule has 2 N–H and O–H groups in total. The van der Waals surface area contributed by atoms with Gasteiger partial charge >= 0.3 is 0 Å². The molecule has 0 fully saturated rings. The van der Waals surface area contributed by atoms with Crippen molar-refractivity contribution in [1.82, 2.24) is 15.5 Å². The van der Waals surface area contributed by atoms with Crippen molar-refractivity contribution >= 4 is 5.96 Å². The van der Waals surface area contributed by atoms with Crippen molar-refractivity contribution in [3.8, 4) is 0 Å². The summed E-state index contributed by atoms with van der Waals surface area (Å²) in [5.74, 6) is 0.872. The van der Waals surface area contributed by atoms with E-state index < -0.39 is 0 Å². The highest BCUT2D eigenvalue weighted by Crippen LogP contribution is 2.08. The largest absolute Gasteiger partial charge is 0.357 e. The van der Waals surface area contributed by atoms with E-state index in [0.29, 0.717) is 6.54 Å². The zero-order chi connectivity index (χ0) is 17.9. The van der Waals surface area contributed by atoms with Crippen molar-refractivity contribution in [3.05, 3.63) is 71.3 Å². The van der Waals surface area contributed by atoms with Crippen LogP contribution in [0.4, 0.5) is 0 Å². The SMILES string of the molecule is CCNC(=NCc1cccc(CN(C)C)c1)NCCc1ccccc1. The molecule has 4 heteroatoms. The van der Waals surface area contributed by atoms with Crippen LogP contribution in [-0.2, 0) is 19.5 Å². The van der Waals surface area contributed by atoms with Gasteiger partial charge in [-0.25, -0.2) is 4.99 Å². The van der Waals surface area contributed by atoms with Crippen molar-refractivity contribution in [2.75, 3.05) is 27.2 Å². The van der Waals surface area contributed by atoms with Crippen LogP contribution >= 0.6 is 0 Å². The summed E-state index contributed by atoms with van der Waals surface area (Å²) in [6, 6.07) is 19.2. The van der Waals surface area contributed by atoms with Gasteiger partial charge in [-0.1, -0.05) is 54.6 Å². The van der Waals surface area contributed by atoms with Crippen LogP contribution in [0, 0.1) is 0 Å². The van der Waals surface area contributed by atoms with Crippen LogP contribution < -0.4 is 10.6 Å². The Morgan fingerprint density at radius 3 is 2.36 bits per heavy atom. The van der Waals surface area contributed by atoms with Crippen molar-refractivity contribution < 1.29 is 0 Å². The van der Waals surface area contributed by atoms with Crippen molar-refractivity contribution in [1.29, 1.82) is 0 Å². The van der Waals surface area contributed by atoms with Crippen LogP contribution in [0.15, 0.2) is 59.6 Å². The standard InChI is InChI=1S/C21H30N4/c1-4-22-21(23-14-13-18-9-6-5-7-10-18)24-16-19-11-8-12-20(15-19)17-25(2)3/h5-12,15H,4,13-14,16-17H2,1-3H3,(H2,22,23,24). The molecule has 0 saturated heterocycles. The van der Waals surface area contributed by atoms with Crippen molar-refractivity contribution in [2.45, 2.75) is 26.4 Å². The van der Waals surface area contributed by atoms with Gasteiger partial charge < -0.3 is 15.5 Å². The maximum absolute atomic E-state index is 4.72. The van der Waals surface area contributed by atoms with E-state index in [2.05, 4.69) is 85.1 Å². The Balaban J connectivity index is 1.90. The predicted octanol–water partition coefficient (Wildman–Crippen LogP) is 3.05. The van der Waals surface area contributed by atoms with Gasteiger partial charge in [-0.05, 0) is 44.1 Å². The van der Waals surface area contributed by atoms with Gasteiger partial charge in [-0.15, -0.1) is 0 Å². The highest BCUT2D eigenvalue weighted by molar-refractivity contribution is 5.79. The van der Waals surface area contributed by atoms with Gasteiger partial charge in [0.25, 0.3) is 0 Å². The fourth-order valence-corrected chi connectivity index (χ4v) is 2.67. The minimum atomic E-state index is 0.682. The summed E-state index contributed by atoms with van der Waals surface area (Å²) < 4.78 is 0. The highest BCUT2D eigenvalue weighted by Gasteiger charge is 2.00. The smallest absolute Gasteiger partial charge is 0.191 e. The lowest BCUT2D eigenvalue weighted by Gasteiger charge is -2.12. The lowest BCUT2D eigenvalue weighted by atomic mass is 10.1. The van der Waals surface area contributed by atoms with E-state index in [0.717, 1.165) is 32.0 Å². The second-order valence-corrected chi connectivity index (χ2v) is 6.42. The van der Waals surface area contributed by atoms with Crippen LogP contribution in [0.25, 0.3) is 0 Å². The number of benzene rings is 2. The Morgan fingerprint density at radius 1 is 0.920 bits per heavy atom.